The van der Waals surface area contributed by atoms with Crippen LogP contribution in [-0.4, -0.2) is 62.1 Å². The van der Waals surface area contributed by atoms with Gasteiger partial charge in [-0.2, -0.15) is 0 Å². The maximum absolute atomic E-state index is 12.8. The second-order valence-electron chi connectivity index (χ2n) is 6.14. The highest BCUT2D eigenvalue weighted by atomic mass is 35.5. The summed E-state index contributed by atoms with van der Waals surface area (Å²) in [4.78, 5) is 16.9. The molecule has 0 aliphatic carbocycles. The van der Waals surface area contributed by atoms with E-state index in [-0.39, 0.29) is 5.91 Å². The Hall–Kier alpha value is -2.24. The molecule has 1 heterocycles. The van der Waals surface area contributed by atoms with Gasteiger partial charge in [-0.3, -0.25) is 9.69 Å². The number of carbonyl (C=O) groups is 1. The van der Waals surface area contributed by atoms with E-state index in [4.69, 9.17) is 21.1 Å². The summed E-state index contributed by atoms with van der Waals surface area (Å²) in [6.45, 7) is 4.50. The molecule has 2 aromatic carbocycles. The van der Waals surface area contributed by atoms with Crippen LogP contribution in [0.4, 0.5) is 0 Å². The zero-order valence-electron chi connectivity index (χ0n) is 14.9. The molecule has 138 valence electrons. The molecule has 1 aliphatic heterocycles. The molecule has 1 amide bonds. The molecule has 0 aromatic heterocycles. The normalized spacial score (nSPS) is 14.9. The third kappa shape index (κ3) is 4.68. The average molecular weight is 375 g/mol. The molecular formula is C20H23ClN2O3. The highest BCUT2D eigenvalue weighted by Gasteiger charge is 2.24. The molecule has 0 unspecified atom stereocenters. The minimum atomic E-state index is -0.0375. The minimum absolute atomic E-state index is 0.0375. The van der Waals surface area contributed by atoms with Gasteiger partial charge in [-0.05, 0) is 30.3 Å². The Morgan fingerprint density at radius 2 is 1.81 bits per heavy atom. The first-order valence-corrected chi connectivity index (χ1v) is 9.08. The van der Waals surface area contributed by atoms with Gasteiger partial charge >= 0.3 is 0 Å². The lowest BCUT2D eigenvalue weighted by Gasteiger charge is -2.34. The predicted octanol–water partition coefficient (Wildman–Crippen LogP) is 3.19. The lowest BCUT2D eigenvalue weighted by atomic mass is 10.1. The number of methoxy groups -OCH3 is 1. The number of piperazine rings is 1. The second kappa shape index (κ2) is 8.92. The Bertz CT molecular complexity index is 731. The molecule has 0 radical (unpaired) electrons. The van der Waals surface area contributed by atoms with Crippen LogP contribution >= 0.6 is 11.6 Å². The van der Waals surface area contributed by atoms with E-state index in [1.807, 2.05) is 35.2 Å². The van der Waals surface area contributed by atoms with Crippen LogP contribution in [-0.2, 0) is 0 Å². The quantitative estimate of drug-likeness (QED) is 0.778. The predicted molar refractivity (Wildman–Crippen MR) is 102 cm³/mol. The Kier molecular flexibility index (Phi) is 6.36. The van der Waals surface area contributed by atoms with Crippen molar-refractivity contribution >= 4 is 17.5 Å². The lowest BCUT2D eigenvalue weighted by molar-refractivity contribution is 0.0617. The summed E-state index contributed by atoms with van der Waals surface area (Å²) in [6.07, 6.45) is 0. The number of rotatable bonds is 6. The first-order chi connectivity index (χ1) is 12.7. The maximum Gasteiger partial charge on any atom is 0.257 e. The van der Waals surface area contributed by atoms with Crippen LogP contribution in [0.5, 0.6) is 11.5 Å². The first-order valence-electron chi connectivity index (χ1n) is 8.70. The summed E-state index contributed by atoms with van der Waals surface area (Å²) in [6, 6.07) is 14.9. The van der Waals surface area contributed by atoms with Crippen LogP contribution < -0.4 is 9.47 Å². The molecule has 26 heavy (non-hydrogen) atoms. The van der Waals surface area contributed by atoms with E-state index in [1.165, 1.54) is 0 Å². The van der Waals surface area contributed by atoms with Crippen molar-refractivity contribution < 1.29 is 14.3 Å². The molecule has 1 saturated heterocycles. The zero-order chi connectivity index (χ0) is 18.4. The summed E-state index contributed by atoms with van der Waals surface area (Å²) < 4.78 is 11.0. The molecule has 3 rings (SSSR count). The highest BCUT2D eigenvalue weighted by molar-refractivity contribution is 6.31. The zero-order valence-corrected chi connectivity index (χ0v) is 15.6. The van der Waals surface area contributed by atoms with Crippen molar-refractivity contribution in [3.63, 3.8) is 0 Å². The standard InChI is InChI=1S/C20H23ClN2O3/c1-25-19-8-7-16(21)15-18(19)20(24)23-11-9-22(10-12-23)13-14-26-17-5-3-2-4-6-17/h2-8,15H,9-14H2,1H3. The third-order valence-corrected chi connectivity index (χ3v) is 4.71. The Morgan fingerprint density at radius 3 is 2.50 bits per heavy atom. The first kappa shape index (κ1) is 18.5. The summed E-state index contributed by atoms with van der Waals surface area (Å²) in [7, 11) is 1.56. The van der Waals surface area contributed by atoms with Gasteiger partial charge in [-0.1, -0.05) is 29.8 Å². The SMILES string of the molecule is COc1ccc(Cl)cc1C(=O)N1CCN(CCOc2ccccc2)CC1. The molecule has 0 spiro atoms. The van der Waals surface area contributed by atoms with Crippen LogP contribution in [0.15, 0.2) is 48.5 Å². The monoisotopic (exact) mass is 374 g/mol. The number of benzene rings is 2. The van der Waals surface area contributed by atoms with Gasteiger partial charge in [0.1, 0.15) is 18.1 Å². The van der Waals surface area contributed by atoms with Crippen LogP contribution in [0.3, 0.4) is 0 Å². The van der Waals surface area contributed by atoms with Gasteiger partial charge in [-0.25, -0.2) is 0 Å². The van der Waals surface area contributed by atoms with E-state index >= 15 is 0 Å². The van der Waals surface area contributed by atoms with Crippen molar-refractivity contribution in [2.75, 3.05) is 46.4 Å². The molecule has 1 fully saturated rings. The maximum atomic E-state index is 12.8. The molecule has 0 bridgehead atoms. The van der Waals surface area contributed by atoms with Crippen LogP contribution in [0.1, 0.15) is 10.4 Å². The Balaban J connectivity index is 1.49. The fraction of sp³-hybridized carbons (Fsp3) is 0.350. The fourth-order valence-electron chi connectivity index (χ4n) is 3.00. The number of nitrogens with zero attached hydrogens (tertiary/aromatic N) is 2. The molecular weight excluding hydrogens is 352 g/mol. The third-order valence-electron chi connectivity index (χ3n) is 4.47. The van der Waals surface area contributed by atoms with Crippen molar-refractivity contribution in [1.82, 2.24) is 9.80 Å². The number of halogens is 1. The van der Waals surface area contributed by atoms with Crippen LogP contribution in [0.25, 0.3) is 0 Å². The smallest absolute Gasteiger partial charge is 0.257 e. The van der Waals surface area contributed by atoms with Gasteiger partial charge < -0.3 is 14.4 Å². The van der Waals surface area contributed by atoms with Crippen molar-refractivity contribution in [1.29, 1.82) is 0 Å². The molecule has 0 saturated carbocycles. The lowest BCUT2D eigenvalue weighted by Crippen LogP contribution is -2.49. The van der Waals surface area contributed by atoms with E-state index in [0.717, 1.165) is 25.4 Å². The Labute approximate surface area is 159 Å². The largest absolute Gasteiger partial charge is 0.496 e. The molecule has 0 N–H and O–H groups in total. The van der Waals surface area contributed by atoms with Crippen molar-refractivity contribution in [3.05, 3.63) is 59.1 Å². The van der Waals surface area contributed by atoms with Crippen molar-refractivity contribution in [2.45, 2.75) is 0 Å². The number of amides is 1. The van der Waals surface area contributed by atoms with Gasteiger partial charge in [0.15, 0.2) is 0 Å². The molecule has 5 nitrogen and oxygen atoms in total. The van der Waals surface area contributed by atoms with E-state index in [9.17, 15) is 4.79 Å². The summed E-state index contributed by atoms with van der Waals surface area (Å²) in [5.41, 5.74) is 0.515. The van der Waals surface area contributed by atoms with Gasteiger partial charge in [0.25, 0.3) is 5.91 Å². The van der Waals surface area contributed by atoms with E-state index in [1.54, 1.807) is 25.3 Å². The van der Waals surface area contributed by atoms with Gasteiger partial charge in [0.05, 0.1) is 12.7 Å². The molecule has 0 atom stereocenters. The number of ether oxygens (including phenoxy) is 2. The number of hydrogen-bond donors (Lipinski definition) is 0. The highest BCUT2D eigenvalue weighted by Crippen LogP contribution is 2.24. The van der Waals surface area contributed by atoms with Crippen molar-refractivity contribution in [2.24, 2.45) is 0 Å². The van der Waals surface area contributed by atoms with Gasteiger partial charge in [0.2, 0.25) is 0 Å². The Morgan fingerprint density at radius 1 is 1.08 bits per heavy atom. The van der Waals surface area contributed by atoms with Crippen LogP contribution in [0, 0.1) is 0 Å². The number of para-hydroxylation sites is 1. The van der Waals surface area contributed by atoms with Gasteiger partial charge in [-0.15, -0.1) is 0 Å². The summed E-state index contributed by atoms with van der Waals surface area (Å²) in [5.74, 6) is 1.40. The molecule has 6 heteroatoms. The summed E-state index contributed by atoms with van der Waals surface area (Å²) >= 11 is 6.04. The summed E-state index contributed by atoms with van der Waals surface area (Å²) in [5, 5.41) is 0.533. The van der Waals surface area contributed by atoms with Crippen LogP contribution in [0.2, 0.25) is 5.02 Å². The fourth-order valence-corrected chi connectivity index (χ4v) is 3.17. The number of hydrogen-bond acceptors (Lipinski definition) is 4. The molecule has 2 aromatic rings. The average Bonchev–Trinajstić information content (AvgIpc) is 2.69. The van der Waals surface area contributed by atoms with Crippen molar-refractivity contribution in [3.8, 4) is 11.5 Å². The van der Waals surface area contributed by atoms with Gasteiger partial charge in [0, 0.05) is 37.7 Å². The topological polar surface area (TPSA) is 42.0 Å². The van der Waals surface area contributed by atoms with E-state index in [2.05, 4.69) is 4.90 Å². The molecule has 1 aliphatic rings. The minimum Gasteiger partial charge on any atom is -0.496 e. The van der Waals surface area contributed by atoms with E-state index < -0.39 is 0 Å². The van der Waals surface area contributed by atoms with E-state index in [0.29, 0.717) is 36.0 Å². The second-order valence-corrected chi connectivity index (χ2v) is 6.58. The number of carbonyl (C=O) groups excluding carboxylic acids is 1.